The van der Waals surface area contributed by atoms with Gasteiger partial charge in [-0.15, -0.1) is 0 Å². The summed E-state index contributed by atoms with van der Waals surface area (Å²) in [6.45, 7) is 1.75. The van der Waals surface area contributed by atoms with Crippen molar-refractivity contribution in [2.45, 2.75) is 13.0 Å². The number of benzene rings is 1. The monoisotopic (exact) mass is 252 g/mol. The fraction of sp³-hybridized carbons (Fsp3) is 0.200. The Kier molecular flexibility index (Phi) is 3.51. The van der Waals surface area contributed by atoms with Crippen LogP contribution in [0, 0.1) is 0 Å². The van der Waals surface area contributed by atoms with E-state index in [1.807, 2.05) is 12.4 Å². The Balaban J connectivity index is 1.55. The molecular weight excluding hydrogens is 236 g/mol. The van der Waals surface area contributed by atoms with Gasteiger partial charge in [-0.2, -0.15) is 0 Å². The second-order valence-corrected chi connectivity index (χ2v) is 4.53. The Labute approximate surface area is 111 Å². The topological polar surface area (TPSA) is 53.6 Å². The highest BCUT2D eigenvalue weighted by Crippen LogP contribution is 2.17. The standard InChI is InChI=1S/C15H16N4/c1-2-4-15-14(3-1)13(10-19-15)5-6-16-7-12-8-17-11-18-9-12/h1-4,8-11,16,19H,5-7H2. The van der Waals surface area contributed by atoms with Gasteiger partial charge in [0.1, 0.15) is 6.33 Å². The summed E-state index contributed by atoms with van der Waals surface area (Å²) in [6.07, 6.45) is 8.34. The summed E-state index contributed by atoms with van der Waals surface area (Å²) < 4.78 is 0. The summed E-state index contributed by atoms with van der Waals surface area (Å²) in [4.78, 5) is 11.3. The quantitative estimate of drug-likeness (QED) is 0.685. The summed E-state index contributed by atoms with van der Waals surface area (Å²) in [7, 11) is 0. The molecule has 4 heteroatoms. The van der Waals surface area contributed by atoms with E-state index in [9.17, 15) is 0 Å². The molecule has 3 rings (SSSR count). The number of rotatable bonds is 5. The van der Waals surface area contributed by atoms with E-state index in [-0.39, 0.29) is 0 Å². The third kappa shape index (κ3) is 2.80. The van der Waals surface area contributed by atoms with Crippen LogP contribution in [0.2, 0.25) is 0 Å². The minimum absolute atomic E-state index is 0.809. The van der Waals surface area contributed by atoms with E-state index in [0.717, 1.165) is 25.1 Å². The molecule has 3 aromatic rings. The molecule has 0 aliphatic carbocycles. The minimum atomic E-state index is 0.809. The van der Waals surface area contributed by atoms with Crippen LogP contribution in [0.4, 0.5) is 0 Å². The predicted octanol–water partition coefficient (Wildman–Crippen LogP) is 2.29. The first kappa shape index (κ1) is 11.9. The number of aromatic nitrogens is 3. The van der Waals surface area contributed by atoms with Crippen LogP contribution in [0.3, 0.4) is 0 Å². The van der Waals surface area contributed by atoms with Crippen LogP contribution in [0.5, 0.6) is 0 Å². The molecule has 1 aromatic carbocycles. The van der Waals surface area contributed by atoms with Crippen molar-refractivity contribution in [2.24, 2.45) is 0 Å². The predicted molar refractivity (Wildman–Crippen MR) is 75.7 cm³/mol. The molecular formula is C15H16N4. The fourth-order valence-corrected chi connectivity index (χ4v) is 2.22. The van der Waals surface area contributed by atoms with Crippen molar-refractivity contribution in [1.82, 2.24) is 20.3 Å². The summed E-state index contributed by atoms with van der Waals surface area (Å²) in [5, 5.41) is 4.72. The van der Waals surface area contributed by atoms with Crippen LogP contribution >= 0.6 is 0 Å². The maximum absolute atomic E-state index is 4.00. The van der Waals surface area contributed by atoms with Gasteiger partial charge < -0.3 is 10.3 Å². The second-order valence-electron chi connectivity index (χ2n) is 4.53. The van der Waals surface area contributed by atoms with E-state index < -0.39 is 0 Å². The average molecular weight is 252 g/mol. The Bertz CT molecular complexity index is 645. The van der Waals surface area contributed by atoms with Gasteiger partial charge in [0, 0.05) is 41.6 Å². The van der Waals surface area contributed by atoms with Crippen molar-refractivity contribution < 1.29 is 0 Å². The number of aromatic amines is 1. The maximum atomic E-state index is 4.00. The van der Waals surface area contributed by atoms with E-state index in [1.165, 1.54) is 16.5 Å². The molecule has 0 fully saturated rings. The first-order chi connectivity index (χ1) is 9.43. The van der Waals surface area contributed by atoms with Crippen molar-refractivity contribution in [3.8, 4) is 0 Å². The molecule has 2 N–H and O–H groups in total. The molecule has 0 amide bonds. The average Bonchev–Trinajstić information content (AvgIpc) is 2.88. The highest BCUT2D eigenvalue weighted by atomic mass is 14.9. The van der Waals surface area contributed by atoms with E-state index in [4.69, 9.17) is 0 Å². The number of H-pyrrole nitrogens is 1. The smallest absolute Gasteiger partial charge is 0.115 e. The molecule has 0 saturated carbocycles. The summed E-state index contributed by atoms with van der Waals surface area (Å²) >= 11 is 0. The van der Waals surface area contributed by atoms with Gasteiger partial charge in [-0.25, -0.2) is 9.97 Å². The molecule has 4 nitrogen and oxygen atoms in total. The minimum Gasteiger partial charge on any atom is -0.361 e. The SMILES string of the molecule is c1ccc2c(CCNCc3cncnc3)c[nH]c2c1. The molecule has 2 heterocycles. The lowest BCUT2D eigenvalue weighted by Crippen LogP contribution is -2.16. The van der Waals surface area contributed by atoms with Gasteiger partial charge in [0.05, 0.1) is 0 Å². The summed E-state index contributed by atoms with van der Waals surface area (Å²) in [6, 6.07) is 8.39. The van der Waals surface area contributed by atoms with Gasteiger partial charge in [-0.1, -0.05) is 18.2 Å². The Hall–Kier alpha value is -2.20. The third-order valence-corrected chi connectivity index (χ3v) is 3.19. The number of nitrogens with zero attached hydrogens (tertiary/aromatic N) is 2. The number of fused-ring (bicyclic) bond motifs is 1. The normalized spacial score (nSPS) is 10.9. The van der Waals surface area contributed by atoms with Gasteiger partial charge >= 0.3 is 0 Å². The molecule has 0 atom stereocenters. The van der Waals surface area contributed by atoms with Gasteiger partial charge in [0.2, 0.25) is 0 Å². The van der Waals surface area contributed by atoms with Crippen molar-refractivity contribution in [3.05, 3.63) is 60.3 Å². The highest BCUT2D eigenvalue weighted by Gasteiger charge is 2.02. The van der Waals surface area contributed by atoms with Gasteiger partial charge in [0.15, 0.2) is 0 Å². The Morgan fingerprint density at radius 2 is 1.95 bits per heavy atom. The van der Waals surface area contributed by atoms with E-state index in [0.29, 0.717) is 0 Å². The zero-order chi connectivity index (χ0) is 12.9. The van der Waals surface area contributed by atoms with Crippen molar-refractivity contribution in [3.63, 3.8) is 0 Å². The van der Waals surface area contributed by atoms with Crippen molar-refractivity contribution >= 4 is 10.9 Å². The first-order valence-corrected chi connectivity index (χ1v) is 6.43. The van der Waals surface area contributed by atoms with Crippen LogP contribution in [-0.4, -0.2) is 21.5 Å². The highest BCUT2D eigenvalue weighted by molar-refractivity contribution is 5.83. The molecule has 2 aromatic heterocycles. The molecule has 0 saturated heterocycles. The van der Waals surface area contributed by atoms with E-state index >= 15 is 0 Å². The van der Waals surface area contributed by atoms with Crippen LogP contribution < -0.4 is 5.32 Å². The van der Waals surface area contributed by atoms with Gasteiger partial charge in [-0.05, 0) is 24.6 Å². The number of para-hydroxylation sites is 1. The zero-order valence-corrected chi connectivity index (χ0v) is 10.6. The lowest BCUT2D eigenvalue weighted by Gasteiger charge is -2.03. The zero-order valence-electron chi connectivity index (χ0n) is 10.6. The van der Waals surface area contributed by atoms with E-state index in [2.05, 4.69) is 50.7 Å². The van der Waals surface area contributed by atoms with Gasteiger partial charge in [-0.3, -0.25) is 0 Å². The van der Waals surface area contributed by atoms with Crippen molar-refractivity contribution in [2.75, 3.05) is 6.54 Å². The second kappa shape index (κ2) is 5.63. The molecule has 0 bridgehead atoms. The lowest BCUT2D eigenvalue weighted by molar-refractivity contribution is 0.684. The first-order valence-electron chi connectivity index (χ1n) is 6.43. The van der Waals surface area contributed by atoms with Crippen molar-refractivity contribution in [1.29, 1.82) is 0 Å². The molecule has 0 unspecified atom stereocenters. The molecule has 0 radical (unpaired) electrons. The fourth-order valence-electron chi connectivity index (χ4n) is 2.22. The molecule has 0 spiro atoms. The number of nitrogens with one attached hydrogen (secondary N) is 2. The Morgan fingerprint density at radius 3 is 2.84 bits per heavy atom. The van der Waals surface area contributed by atoms with Crippen LogP contribution in [0.15, 0.2) is 49.2 Å². The maximum Gasteiger partial charge on any atom is 0.115 e. The van der Waals surface area contributed by atoms with Gasteiger partial charge in [0.25, 0.3) is 0 Å². The lowest BCUT2D eigenvalue weighted by atomic mass is 10.1. The third-order valence-electron chi connectivity index (χ3n) is 3.19. The largest absolute Gasteiger partial charge is 0.361 e. The number of hydrogen-bond acceptors (Lipinski definition) is 3. The summed E-state index contributed by atoms with van der Waals surface area (Å²) in [5.41, 5.74) is 3.67. The van der Waals surface area contributed by atoms with Crippen LogP contribution in [0.1, 0.15) is 11.1 Å². The van der Waals surface area contributed by atoms with E-state index in [1.54, 1.807) is 6.33 Å². The van der Waals surface area contributed by atoms with Crippen LogP contribution in [-0.2, 0) is 13.0 Å². The van der Waals surface area contributed by atoms with Crippen LogP contribution in [0.25, 0.3) is 10.9 Å². The molecule has 96 valence electrons. The number of hydrogen-bond donors (Lipinski definition) is 2. The molecule has 0 aliphatic heterocycles. The Morgan fingerprint density at radius 1 is 1.11 bits per heavy atom. The molecule has 19 heavy (non-hydrogen) atoms. The molecule has 0 aliphatic rings. The summed E-state index contributed by atoms with van der Waals surface area (Å²) in [5.74, 6) is 0.